The van der Waals surface area contributed by atoms with Crippen LogP contribution in [0.2, 0.25) is 0 Å². The van der Waals surface area contributed by atoms with Crippen LogP contribution in [0.1, 0.15) is 43.6 Å². The van der Waals surface area contributed by atoms with E-state index in [0.29, 0.717) is 24.7 Å². The predicted molar refractivity (Wildman–Crippen MR) is 112 cm³/mol. The van der Waals surface area contributed by atoms with E-state index in [2.05, 4.69) is 45.1 Å². The first kappa shape index (κ1) is 18.9. The smallest absolute Gasteiger partial charge is 0.232 e. The summed E-state index contributed by atoms with van der Waals surface area (Å²) in [4.78, 5) is 18.9. The molecule has 1 aliphatic heterocycles. The first-order valence-corrected chi connectivity index (χ1v) is 10.4. The van der Waals surface area contributed by atoms with Gasteiger partial charge in [-0.25, -0.2) is 0 Å². The fraction of sp³-hybridized carbons (Fsp3) is 0.318. The van der Waals surface area contributed by atoms with Crippen molar-refractivity contribution < 1.29 is 9.32 Å². The van der Waals surface area contributed by atoms with E-state index in [9.17, 15) is 4.79 Å². The van der Waals surface area contributed by atoms with Crippen LogP contribution >= 0.6 is 15.9 Å². The summed E-state index contributed by atoms with van der Waals surface area (Å²) in [6.45, 7) is 2.75. The topological polar surface area (TPSA) is 59.2 Å². The molecule has 1 amide bonds. The molecule has 2 heterocycles. The molecule has 2 aromatic carbocycles. The van der Waals surface area contributed by atoms with Crippen molar-refractivity contribution in [3.8, 4) is 11.4 Å². The average molecular weight is 440 g/mol. The van der Waals surface area contributed by atoms with Crippen LogP contribution in [-0.2, 0) is 11.2 Å². The summed E-state index contributed by atoms with van der Waals surface area (Å²) < 4.78 is 6.44. The third kappa shape index (κ3) is 4.02. The summed E-state index contributed by atoms with van der Waals surface area (Å²) in [7, 11) is 0. The largest absolute Gasteiger partial charge is 0.339 e. The quantitative estimate of drug-likeness (QED) is 0.518. The molecule has 1 aromatic heterocycles. The number of benzene rings is 2. The maximum Gasteiger partial charge on any atom is 0.232 e. The lowest BCUT2D eigenvalue weighted by atomic mass is 10.1. The average Bonchev–Trinajstić information content (AvgIpc) is 3.34. The lowest BCUT2D eigenvalue weighted by molar-refractivity contribution is -0.117. The Labute approximate surface area is 172 Å². The standard InChI is InChI=1S/C22H22BrN3O2/c1-2-3-5-15-8-10-19(11-9-15)26-14-17(13-20(26)27)22-24-21(25-28-22)16-6-4-7-18(23)12-16/h4,6-12,17H,2-3,5,13-14H2,1H3. The van der Waals surface area contributed by atoms with Gasteiger partial charge in [0, 0.05) is 28.7 Å². The highest BCUT2D eigenvalue weighted by atomic mass is 79.9. The molecule has 0 radical (unpaired) electrons. The van der Waals surface area contributed by atoms with Crippen LogP contribution in [0.3, 0.4) is 0 Å². The highest BCUT2D eigenvalue weighted by Crippen LogP contribution is 2.32. The van der Waals surface area contributed by atoms with Gasteiger partial charge in [-0.2, -0.15) is 4.98 Å². The number of aryl methyl sites for hydroxylation is 1. The molecule has 6 heteroatoms. The van der Waals surface area contributed by atoms with Gasteiger partial charge in [-0.15, -0.1) is 0 Å². The van der Waals surface area contributed by atoms with Gasteiger partial charge in [0.2, 0.25) is 17.6 Å². The van der Waals surface area contributed by atoms with Crippen LogP contribution in [0, 0.1) is 0 Å². The molecule has 1 saturated heterocycles. The predicted octanol–water partition coefficient (Wildman–Crippen LogP) is 5.36. The zero-order chi connectivity index (χ0) is 19.5. The summed E-state index contributed by atoms with van der Waals surface area (Å²) in [5, 5.41) is 4.10. The fourth-order valence-corrected chi connectivity index (χ4v) is 3.89. The van der Waals surface area contributed by atoms with Crippen LogP contribution < -0.4 is 4.90 Å². The number of carbonyl (C=O) groups is 1. The van der Waals surface area contributed by atoms with Gasteiger partial charge >= 0.3 is 0 Å². The minimum absolute atomic E-state index is 0.0827. The zero-order valence-electron chi connectivity index (χ0n) is 15.8. The Morgan fingerprint density at radius 3 is 2.79 bits per heavy atom. The summed E-state index contributed by atoms with van der Waals surface area (Å²) in [5.41, 5.74) is 3.12. The van der Waals surface area contributed by atoms with Gasteiger partial charge < -0.3 is 9.42 Å². The van der Waals surface area contributed by atoms with E-state index < -0.39 is 0 Å². The van der Waals surface area contributed by atoms with Crippen LogP contribution in [-0.4, -0.2) is 22.6 Å². The van der Waals surface area contributed by atoms with Crippen LogP contribution in [0.5, 0.6) is 0 Å². The van der Waals surface area contributed by atoms with Crippen molar-refractivity contribution in [1.29, 1.82) is 0 Å². The van der Waals surface area contributed by atoms with Crippen LogP contribution in [0.25, 0.3) is 11.4 Å². The van der Waals surface area contributed by atoms with Gasteiger partial charge in [-0.05, 0) is 42.7 Å². The molecule has 0 aliphatic carbocycles. The van der Waals surface area contributed by atoms with Gasteiger partial charge in [0.25, 0.3) is 0 Å². The molecule has 1 fully saturated rings. The number of hydrogen-bond donors (Lipinski definition) is 0. The third-order valence-corrected chi connectivity index (χ3v) is 5.56. The van der Waals surface area contributed by atoms with Crippen LogP contribution in [0.15, 0.2) is 57.5 Å². The Bertz CT molecular complexity index is 968. The maximum atomic E-state index is 12.6. The molecule has 0 spiro atoms. The zero-order valence-corrected chi connectivity index (χ0v) is 17.4. The molecule has 4 rings (SSSR count). The Morgan fingerprint density at radius 2 is 2.04 bits per heavy atom. The van der Waals surface area contributed by atoms with Crippen molar-refractivity contribution in [1.82, 2.24) is 10.1 Å². The molecule has 0 bridgehead atoms. The summed E-state index contributed by atoms with van der Waals surface area (Å²) in [6.07, 6.45) is 3.83. The Hall–Kier alpha value is -2.47. The summed E-state index contributed by atoms with van der Waals surface area (Å²) in [6, 6.07) is 16.1. The van der Waals surface area contributed by atoms with Crippen molar-refractivity contribution in [3.63, 3.8) is 0 Å². The molecular weight excluding hydrogens is 418 g/mol. The number of unbranched alkanes of at least 4 members (excludes halogenated alkanes) is 1. The molecule has 0 saturated carbocycles. The van der Waals surface area contributed by atoms with Crippen molar-refractivity contribution >= 4 is 27.5 Å². The number of carbonyl (C=O) groups excluding carboxylic acids is 1. The Morgan fingerprint density at radius 1 is 1.21 bits per heavy atom. The number of amides is 1. The molecule has 28 heavy (non-hydrogen) atoms. The van der Waals surface area contributed by atoms with Crippen molar-refractivity contribution in [2.24, 2.45) is 0 Å². The van der Waals surface area contributed by atoms with Gasteiger partial charge in [0.1, 0.15) is 0 Å². The lowest BCUT2D eigenvalue weighted by Gasteiger charge is -2.16. The van der Waals surface area contributed by atoms with E-state index in [0.717, 1.165) is 22.1 Å². The van der Waals surface area contributed by atoms with Crippen molar-refractivity contribution in [3.05, 3.63) is 64.5 Å². The molecule has 3 aromatic rings. The second-order valence-electron chi connectivity index (χ2n) is 7.14. The minimum atomic E-state index is -0.0827. The number of aromatic nitrogens is 2. The highest BCUT2D eigenvalue weighted by molar-refractivity contribution is 9.10. The summed E-state index contributed by atoms with van der Waals surface area (Å²) >= 11 is 3.46. The van der Waals surface area contributed by atoms with E-state index in [1.165, 1.54) is 18.4 Å². The third-order valence-electron chi connectivity index (χ3n) is 5.07. The number of rotatable bonds is 6. The molecular formula is C22H22BrN3O2. The van der Waals surface area contributed by atoms with Gasteiger partial charge in [-0.1, -0.05) is 58.7 Å². The van der Waals surface area contributed by atoms with E-state index in [4.69, 9.17) is 4.52 Å². The number of hydrogen-bond acceptors (Lipinski definition) is 4. The highest BCUT2D eigenvalue weighted by Gasteiger charge is 2.35. The molecule has 144 valence electrons. The molecule has 1 unspecified atom stereocenters. The molecule has 1 atom stereocenters. The first-order valence-electron chi connectivity index (χ1n) is 9.63. The second-order valence-corrected chi connectivity index (χ2v) is 8.06. The Balaban J connectivity index is 1.48. The minimum Gasteiger partial charge on any atom is -0.339 e. The van der Waals surface area contributed by atoms with Crippen LogP contribution in [0.4, 0.5) is 5.69 Å². The number of nitrogens with zero attached hydrogens (tertiary/aromatic N) is 3. The second kappa shape index (κ2) is 8.27. The summed E-state index contributed by atoms with van der Waals surface area (Å²) in [5.74, 6) is 1.07. The number of anilines is 1. The first-order chi connectivity index (χ1) is 13.6. The van der Waals surface area contributed by atoms with Gasteiger partial charge in [0.15, 0.2) is 0 Å². The lowest BCUT2D eigenvalue weighted by Crippen LogP contribution is -2.24. The van der Waals surface area contributed by atoms with Crippen molar-refractivity contribution in [2.75, 3.05) is 11.4 Å². The maximum absolute atomic E-state index is 12.6. The van der Waals surface area contributed by atoms with Crippen molar-refractivity contribution in [2.45, 2.75) is 38.5 Å². The van der Waals surface area contributed by atoms with E-state index >= 15 is 0 Å². The normalized spacial score (nSPS) is 16.7. The molecule has 0 N–H and O–H groups in total. The molecule has 5 nitrogen and oxygen atoms in total. The molecule has 1 aliphatic rings. The number of halogens is 1. The monoisotopic (exact) mass is 439 g/mol. The van der Waals surface area contributed by atoms with E-state index in [1.807, 2.05) is 41.3 Å². The van der Waals surface area contributed by atoms with Gasteiger partial charge in [-0.3, -0.25) is 4.79 Å². The Kier molecular flexibility index (Phi) is 5.57. The van der Waals surface area contributed by atoms with E-state index in [-0.39, 0.29) is 11.8 Å². The fourth-order valence-electron chi connectivity index (χ4n) is 3.49. The van der Waals surface area contributed by atoms with E-state index in [1.54, 1.807) is 0 Å². The van der Waals surface area contributed by atoms with Gasteiger partial charge in [0.05, 0.1) is 5.92 Å². The SMILES string of the molecule is CCCCc1ccc(N2CC(c3nc(-c4cccc(Br)c4)no3)CC2=O)cc1.